The lowest BCUT2D eigenvalue weighted by molar-refractivity contribution is -0.118. The molecular formula is C17H21Cl3N2O. The van der Waals surface area contributed by atoms with Crippen molar-refractivity contribution < 1.29 is 4.79 Å². The molecule has 126 valence electrons. The van der Waals surface area contributed by atoms with E-state index in [1.807, 2.05) is 0 Å². The molecule has 3 nitrogen and oxygen atoms in total. The highest BCUT2D eigenvalue weighted by molar-refractivity contribution is 6.42. The minimum Gasteiger partial charge on any atom is -0.322 e. The Hall–Kier alpha value is -0.480. The van der Waals surface area contributed by atoms with Crippen LogP contribution in [0.5, 0.6) is 0 Å². The summed E-state index contributed by atoms with van der Waals surface area (Å²) in [4.78, 5) is 14.8. The van der Waals surface area contributed by atoms with Crippen LogP contribution in [0.4, 0.5) is 5.69 Å². The van der Waals surface area contributed by atoms with Crippen LogP contribution < -0.4 is 5.32 Å². The maximum atomic E-state index is 12.4. The Bertz CT molecular complexity index is 568. The molecule has 0 aromatic heterocycles. The Labute approximate surface area is 152 Å². The van der Waals surface area contributed by atoms with Gasteiger partial charge >= 0.3 is 0 Å². The second kappa shape index (κ2) is 7.60. The molecule has 1 saturated carbocycles. The van der Waals surface area contributed by atoms with Gasteiger partial charge in [-0.2, -0.15) is 0 Å². The second-order valence-corrected chi connectivity index (χ2v) is 7.77. The van der Waals surface area contributed by atoms with Crippen molar-refractivity contribution in [3.63, 3.8) is 0 Å². The predicted octanol–water partition coefficient (Wildman–Crippen LogP) is 5.24. The number of hydrogen-bond acceptors (Lipinski definition) is 2. The van der Waals surface area contributed by atoms with E-state index in [4.69, 9.17) is 34.8 Å². The van der Waals surface area contributed by atoms with Crippen molar-refractivity contribution in [2.75, 3.05) is 18.4 Å². The largest absolute Gasteiger partial charge is 0.322 e. The molecule has 0 unspecified atom stereocenters. The number of carbonyl (C=O) groups is 1. The number of likely N-dealkylation sites (tertiary alicyclic amines) is 1. The van der Waals surface area contributed by atoms with Crippen LogP contribution in [0.15, 0.2) is 12.1 Å². The van der Waals surface area contributed by atoms with Crippen molar-refractivity contribution >= 4 is 46.4 Å². The molecule has 1 aliphatic heterocycles. The smallest absolute Gasteiger partial charge is 0.238 e. The van der Waals surface area contributed by atoms with E-state index in [1.54, 1.807) is 12.1 Å². The van der Waals surface area contributed by atoms with Crippen LogP contribution in [-0.2, 0) is 4.79 Å². The topological polar surface area (TPSA) is 32.3 Å². The third kappa shape index (κ3) is 4.14. The zero-order chi connectivity index (χ0) is 16.4. The van der Waals surface area contributed by atoms with Crippen molar-refractivity contribution in [3.8, 4) is 0 Å². The van der Waals surface area contributed by atoms with Crippen LogP contribution in [-0.4, -0.2) is 29.9 Å². The lowest BCUT2D eigenvalue weighted by Crippen LogP contribution is -2.49. The lowest BCUT2D eigenvalue weighted by Gasteiger charge is -2.43. The summed E-state index contributed by atoms with van der Waals surface area (Å²) in [7, 11) is 0. The van der Waals surface area contributed by atoms with Gasteiger partial charge in [0.05, 0.1) is 22.3 Å². The lowest BCUT2D eigenvalue weighted by atomic mass is 9.78. The van der Waals surface area contributed by atoms with E-state index < -0.39 is 0 Å². The van der Waals surface area contributed by atoms with Gasteiger partial charge in [0.25, 0.3) is 0 Å². The molecule has 1 amide bonds. The normalized spacial score (nSPS) is 25.0. The number of hydrogen-bond donors (Lipinski definition) is 1. The Balaban J connectivity index is 1.65. The van der Waals surface area contributed by atoms with Gasteiger partial charge in [-0.05, 0) is 50.3 Å². The number of piperidine rings is 1. The highest BCUT2D eigenvalue weighted by Gasteiger charge is 2.33. The van der Waals surface area contributed by atoms with E-state index in [-0.39, 0.29) is 5.91 Å². The average Bonchev–Trinajstić information content (AvgIpc) is 2.51. The predicted molar refractivity (Wildman–Crippen MR) is 96.7 cm³/mol. The fraction of sp³-hybridized carbons (Fsp3) is 0.588. The third-order valence-electron chi connectivity index (χ3n) is 4.98. The number of anilines is 1. The minimum absolute atomic E-state index is 0.0673. The van der Waals surface area contributed by atoms with Gasteiger partial charge in [0.1, 0.15) is 0 Å². The molecule has 2 aliphatic rings. The van der Waals surface area contributed by atoms with Crippen molar-refractivity contribution in [2.45, 2.75) is 44.6 Å². The molecule has 1 N–H and O–H groups in total. The Morgan fingerprint density at radius 2 is 1.74 bits per heavy atom. The number of halogens is 3. The van der Waals surface area contributed by atoms with Gasteiger partial charge in [0.2, 0.25) is 5.91 Å². The standard InChI is InChI=1S/C17H21Cl3N2O/c18-12-8-13(19)17(14(20)9-12)21-16(23)10-22-7-3-5-11-4-1-2-6-15(11)22/h8-9,11,15H,1-7,10H2,(H,21,23)/t11-,15+/m1/s1. The number of carbonyl (C=O) groups excluding carboxylic acids is 1. The van der Waals surface area contributed by atoms with Crippen molar-refractivity contribution in [1.29, 1.82) is 0 Å². The SMILES string of the molecule is O=C(CN1CCC[C@H]2CCCC[C@@H]21)Nc1c(Cl)cc(Cl)cc1Cl. The first-order chi connectivity index (χ1) is 11.0. The molecule has 23 heavy (non-hydrogen) atoms. The molecule has 0 bridgehead atoms. The zero-order valence-electron chi connectivity index (χ0n) is 13.0. The molecule has 1 aromatic carbocycles. The fourth-order valence-corrected chi connectivity index (χ4v) is 4.86. The molecular weight excluding hydrogens is 355 g/mol. The van der Waals surface area contributed by atoms with Gasteiger partial charge in [-0.25, -0.2) is 0 Å². The number of amides is 1. The summed E-state index contributed by atoms with van der Waals surface area (Å²) >= 11 is 18.2. The minimum atomic E-state index is -0.0673. The van der Waals surface area contributed by atoms with Crippen molar-refractivity contribution in [1.82, 2.24) is 4.90 Å². The zero-order valence-corrected chi connectivity index (χ0v) is 15.2. The molecule has 2 fully saturated rings. The van der Waals surface area contributed by atoms with Crippen LogP contribution in [0.25, 0.3) is 0 Å². The number of benzene rings is 1. The molecule has 0 spiro atoms. The molecule has 1 heterocycles. The van der Waals surface area contributed by atoms with Crippen LogP contribution in [0.3, 0.4) is 0 Å². The summed E-state index contributed by atoms with van der Waals surface area (Å²) in [6, 6.07) is 3.73. The summed E-state index contributed by atoms with van der Waals surface area (Å²) in [5.74, 6) is 0.690. The summed E-state index contributed by atoms with van der Waals surface area (Å²) in [6.45, 7) is 1.40. The molecule has 1 aromatic rings. The van der Waals surface area contributed by atoms with E-state index in [9.17, 15) is 4.79 Å². The van der Waals surface area contributed by atoms with Gasteiger partial charge in [-0.1, -0.05) is 47.6 Å². The highest BCUT2D eigenvalue weighted by atomic mass is 35.5. The van der Waals surface area contributed by atoms with E-state index in [0.717, 1.165) is 12.5 Å². The van der Waals surface area contributed by atoms with Crippen LogP contribution >= 0.6 is 34.8 Å². The van der Waals surface area contributed by atoms with E-state index in [0.29, 0.717) is 33.3 Å². The first-order valence-electron chi connectivity index (χ1n) is 8.23. The van der Waals surface area contributed by atoms with Gasteiger partial charge < -0.3 is 5.32 Å². The second-order valence-electron chi connectivity index (χ2n) is 6.52. The van der Waals surface area contributed by atoms with E-state index in [2.05, 4.69) is 10.2 Å². The van der Waals surface area contributed by atoms with E-state index >= 15 is 0 Å². The summed E-state index contributed by atoms with van der Waals surface area (Å²) < 4.78 is 0. The highest BCUT2D eigenvalue weighted by Crippen LogP contribution is 2.36. The number of nitrogens with one attached hydrogen (secondary N) is 1. The number of nitrogens with zero attached hydrogens (tertiary/aromatic N) is 1. The van der Waals surface area contributed by atoms with E-state index in [1.165, 1.54) is 38.5 Å². The van der Waals surface area contributed by atoms with Crippen LogP contribution in [0.1, 0.15) is 38.5 Å². The van der Waals surface area contributed by atoms with Crippen molar-refractivity contribution in [3.05, 3.63) is 27.2 Å². The maximum absolute atomic E-state index is 12.4. The Morgan fingerprint density at radius 3 is 2.48 bits per heavy atom. The van der Waals surface area contributed by atoms with Crippen LogP contribution in [0.2, 0.25) is 15.1 Å². The third-order valence-corrected chi connectivity index (χ3v) is 5.79. The fourth-order valence-electron chi connectivity index (χ4n) is 3.95. The van der Waals surface area contributed by atoms with Crippen LogP contribution in [0, 0.1) is 5.92 Å². The average molecular weight is 376 g/mol. The number of fused-ring (bicyclic) bond motifs is 1. The van der Waals surface area contributed by atoms with Gasteiger partial charge in [-0.3, -0.25) is 9.69 Å². The van der Waals surface area contributed by atoms with Crippen molar-refractivity contribution in [2.24, 2.45) is 5.92 Å². The Morgan fingerprint density at radius 1 is 1.09 bits per heavy atom. The summed E-state index contributed by atoms with van der Waals surface area (Å²) in [6.07, 6.45) is 7.60. The maximum Gasteiger partial charge on any atom is 0.238 e. The molecule has 3 rings (SSSR count). The summed E-state index contributed by atoms with van der Waals surface area (Å²) in [5, 5.41) is 4.03. The monoisotopic (exact) mass is 374 g/mol. The molecule has 2 atom stereocenters. The quantitative estimate of drug-likeness (QED) is 0.783. The first kappa shape index (κ1) is 17.3. The molecule has 6 heteroatoms. The number of rotatable bonds is 3. The van der Waals surface area contributed by atoms with Gasteiger partial charge in [-0.15, -0.1) is 0 Å². The Kier molecular flexibility index (Phi) is 5.74. The summed E-state index contributed by atoms with van der Waals surface area (Å²) in [5.41, 5.74) is 0.444. The molecule has 0 radical (unpaired) electrons. The first-order valence-corrected chi connectivity index (χ1v) is 9.36. The van der Waals surface area contributed by atoms with Gasteiger partial charge in [0, 0.05) is 11.1 Å². The molecule has 1 saturated heterocycles. The molecule has 1 aliphatic carbocycles. The van der Waals surface area contributed by atoms with Gasteiger partial charge in [0.15, 0.2) is 0 Å².